The average Bonchev–Trinajstić information content (AvgIpc) is 2.53. The Kier molecular flexibility index (Phi) is 3.59. The third kappa shape index (κ3) is 2.27. The fourth-order valence-electron chi connectivity index (χ4n) is 3.09. The largest absolute Gasteiger partial charge is 0.493 e. The maximum Gasteiger partial charge on any atom is 0.192 e. The van der Waals surface area contributed by atoms with Crippen LogP contribution in [0.2, 0.25) is 0 Å². The zero-order chi connectivity index (χ0) is 15.0. The maximum atomic E-state index is 12.7. The standard InChI is InChI=1S/C16H20N2O3/c1-20-14-6-11-13(7-15(14)21-2)18-12-5-9(8-17)3-4-10(12)16(11)19/h6-7,9H,3-5,8,17H2,1-2H3,(H,18,19)/t9-/m0/s1. The van der Waals surface area contributed by atoms with Crippen LogP contribution in [0, 0.1) is 5.92 Å². The van der Waals surface area contributed by atoms with Crippen LogP contribution in [-0.4, -0.2) is 25.7 Å². The first-order chi connectivity index (χ1) is 10.2. The number of nitrogens with one attached hydrogen (secondary N) is 1. The van der Waals surface area contributed by atoms with Gasteiger partial charge in [0.05, 0.1) is 19.7 Å². The molecule has 0 amide bonds. The van der Waals surface area contributed by atoms with Crippen LogP contribution in [0.1, 0.15) is 17.7 Å². The van der Waals surface area contributed by atoms with Crippen molar-refractivity contribution in [1.29, 1.82) is 0 Å². The summed E-state index contributed by atoms with van der Waals surface area (Å²) < 4.78 is 10.6. The number of rotatable bonds is 3. The number of hydrogen-bond donors (Lipinski definition) is 2. The monoisotopic (exact) mass is 288 g/mol. The van der Waals surface area contributed by atoms with Crippen molar-refractivity contribution in [2.45, 2.75) is 19.3 Å². The van der Waals surface area contributed by atoms with Crippen LogP contribution < -0.4 is 20.6 Å². The van der Waals surface area contributed by atoms with Crippen molar-refractivity contribution in [1.82, 2.24) is 4.98 Å². The quantitative estimate of drug-likeness (QED) is 0.899. The Balaban J connectivity index is 2.22. The topological polar surface area (TPSA) is 77.3 Å². The van der Waals surface area contributed by atoms with E-state index in [2.05, 4.69) is 4.98 Å². The van der Waals surface area contributed by atoms with Gasteiger partial charge in [-0.1, -0.05) is 0 Å². The third-order valence-electron chi connectivity index (χ3n) is 4.32. The Hall–Kier alpha value is -2.01. The highest BCUT2D eigenvalue weighted by atomic mass is 16.5. The van der Waals surface area contributed by atoms with E-state index in [1.165, 1.54) is 0 Å². The number of benzene rings is 1. The molecule has 2 aromatic rings. The van der Waals surface area contributed by atoms with Crippen LogP contribution in [0.5, 0.6) is 11.5 Å². The molecule has 5 nitrogen and oxygen atoms in total. The van der Waals surface area contributed by atoms with E-state index in [0.717, 1.165) is 36.0 Å². The Morgan fingerprint density at radius 3 is 2.67 bits per heavy atom. The van der Waals surface area contributed by atoms with Gasteiger partial charge in [-0.2, -0.15) is 0 Å². The molecule has 5 heteroatoms. The first-order valence-electron chi connectivity index (χ1n) is 7.17. The summed E-state index contributed by atoms with van der Waals surface area (Å²) in [5.74, 6) is 1.64. The minimum Gasteiger partial charge on any atom is -0.493 e. The van der Waals surface area contributed by atoms with E-state index >= 15 is 0 Å². The number of nitrogens with two attached hydrogens (primary N) is 1. The first-order valence-corrected chi connectivity index (χ1v) is 7.17. The van der Waals surface area contributed by atoms with Gasteiger partial charge in [-0.05, 0) is 37.8 Å². The number of aromatic amines is 1. The summed E-state index contributed by atoms with van der Waals surface area (Å²) in [7, 11) is 3.16. The highest BCUT2D eigenvalue weighted by Gasteiger charge is 2.22. The molecule has 3 rings (SSSR count). The molecule has 0 unspecified atom stereocenters. The number of ether oxygens (including phenoxy) is 2. The molecule has 112 valence electrons. The zero-order valence-electron chi connectivity index (χ0n) is 12.4. The molecule has 1 atom stereocenters. The van der Waals surface area contributed by atoms with Crippen LogP contribution >= 0.6 is 0 Å². The van der Waals surface area contributed by atoms with Crippen molar-refractivity contribution in [2.24, 2.45) is 11.7 Å². The molecule has 0 bridgehead atoms. The van der Waals surface area contributed by atoms with Gasteiger partial charge in [0.1, 0.15) is 0 Å². The minimum absolute atomic E-state index is 0.0928. The predicted molar refractivity (Wildman–Crippen MR) is 82.2 cm³/mol. The van der Waals surface area contributed by atoms with Crippen molar-refractivity contribution in [3.05, 3.63) is 33.6 Å². The van der Waals surface area contributed by atoms with E-state index in [9.17, 15) is 4.79 Å². The van der Waals surface area contributed by atoms with Gasteiger partial charge in [-0.3, -0.25) is 4.79 Å². The molecule has 1 aromatic heterocycles. The Morgan fingerprint density at radius 2 is 2.00 bits per heavy atom. The third-order valence-corrected chi connectivity index (χ3v) is 4.32. The van der Waals surface area contributed by atoms with Crippen molar-refractivity contribution >= 4 is 10.9 Å². The summed E-state index contributed by atoms with van der Waals surface area (Å²) in [6.07, 6.45) is 2.60. The lowest BCUT2D eigenvalue weighted by molar-refractivity contribution is 0.355. The zero-order valence-corrected chi connectivity index (χ0v) is 12.4. The van der Waals surface area contributed by atoms with Gasteiger partial charge < -0.3 is 20.2 Å². The smallest absolute Gasteiger partial charge is 0.192 e. The number of hydrogen-bond acceptors (Lipinski definition) is 4. The second-order valence-electron chi connectivity index (χ2n) is 5.51. The SMILES string of the molecule is COc1cc2[nH]c3c(c(=O)c2cc1OC)CC[C@H](CN)C3. The van der Waals surface area contributed by atoms with Gasteiger partial charge in [0, 0.05) is 22.7 Å². The Morgan fingerprint density at radius 1 is 1.29 bits per heavy atom. The molecule has 1 aromatic carbocycles. The molecule has 3 N–H and O–H groups in total. The van der Waals surface area contributed by atoms with Crippen LogP contribution in [0.25, 0.3) is 10.9 Å². The van der Waals surface area contributed by atoms with E-state index in [1.807, 2.05) is 6.07 Å². The number of fused-ring (bicyclic) bond motifs is 2. The number of H-pyrrole nitrogens is 1. The maximum absolute atomic E-state index is 12.7. The molecule has 21 heavy (non-hydrogen) atoms. The number of aromatic nitrogens is 1. The molecule has 1 heterocycles. The van der Waals surface area contributed by atoms with Gasteiger partial charge in [0.15, 0.2) is 16.9 Å². The van der Waals surface area contributed by atoms with Crippen LogP contribution in [0.15, 0.2) is 16.9 Å². The molecule has 0 aliphatic heterocycles. The lowest BCUT2D eigenvalue weighted by atomic mass is 9.86. The van der Waals surface area contributed by atoms with E-state index in [0.29, 0.717) is 29.3 Å². The highest BCUT2D eigenvalue weighted by Crippen LogP contribution is 2.32. The van der Waals surface area contributed by atoms with E-state index in [1.54, 1.807) is 20.3 Å². The molecule has 0 saturated carbocycles. The summed E-state index contributed by atoms with van der Waals surface area (Å²) in [5.41, 5.74) is 8.55. The molecular formula is C16H20N2O3. The number of methoxy groups -OCH3 is 2. The van der Waals surface area contributed by atoms with Gasteiger partial charge in [0.2, 0.25) is 0 Å². The summed E-state index contributed by atoms with van der Waals surface area (Å²) in [5, 5.41) is 0.651. The molecule has 0 saturated heterocycles. The van der Waals surface area contributed by atoms with Gasteiger partial charge >= 0.3 is 0 Å². The van der Waals surface area contributed by atoms with Crippen LogP contribution in [0.3, 0.4) is 0 Å². The van der Waals surface area contributed by atoms with Gasteiger partial charge in [-0.15, -0.1) is 0 Å². The fraction of sp³-hybridized carbons (Fsp3) is 0.438. The minimum atomic E-state index is 0.0928. The molecule has 0 radical (unpaired) electrons. The van der Waals surface area contributed by atoms with Crippen LogP contribution in [0.4, 0.5) is 0 Å². The van der Waals surface area contributed by atoms with E-state index < -0.39 is 0 Å². The second kappa shape index (κ2) is 5.41. The van der Waals surface area contributed by atoms with Gasteiger partial charge in [0.25, 0.3) is 0 Å². The van der Waals surface area contributed by atoms with Crippen molar-refractivity contribution in [2.75, 3.05) is 20.8 Å². The van der Waals surface area contributed by atoms with E-state index in [4.69, 9.17) is 15.2 Å². The molecule has 1 aliphatic carbocycles. The summed E-state index contributed by atoms with van der Waals surface area (Å²) >= 11 is 0. The Bertz CT molecular complexity index is 736. The average molecular weight is 288 g/mol. The Labute approximate surface area is 123 Å². The van der Waals surface area contributed by atoms with Crippen molar-refractivity contribution in [3.8, 4) is 11.5 Å². The fourth-order valence-corrected chi connectivity index (χ4v) is 3.09. The molecule has 0 fully saturated rings. The van der Waals surface area contributed by atoms with Crippen molar-refractivity contribution in [3.63, 3.8) is 0 Å². The lowest BCUT2D eigenvalue weighted by Crippen LogP contribution is -2.27. The van der Waals surface area contributed by atoms with Crippen LogP contribution in [-0.2, 0) is 12.8 Å². The van der Waals surface area contributed by atoms with Gasteiger partial charge in [-0.25, -0.2) is 0 Å². The summed E-state index contributed by atoms with van der Waals surface area (Å²) in [4.78, 5) is 16.1. The molecule has 1 aliphatic rings. The second-order valence-corrected chi connectivity index (χ2v) is 5.51. The summed E-state index contributed by atoms with van der Waals surface area (Å²) in [6.45, 7) is 0.658. The summed E-state index contributed by atoms with van der Waals surface area (Å²) in [6, 6.07) is 3.57. The predicted octanol–water partition coefficient (Wildman–Crippen LogP) is 1.61. The lowest BCUT2D eigenvalue weighted by Gasteiger charge is -2.23. The van der Waals surface area contributed by atoms with E-state index in [-0.39, 0.29) is 5.43 Å². The molecule has 0 spiro atoms. The number of pyridine rings is 1. The normalized spacial score (nSPS) is 17.6. The van der Waals surface area contributed by atoms with Crippen molar-refractivity contribution < 1.29 is 9.47 Å². The highest BCUT2D eigenvalue weighted by molar-refractivity contribution is 5.83. The first kappa shape index (κ1) is 13.9. The molecular weight excluding hydrogens is 268 g/mol.